The van der Waals surface area contributed by atoms with Crippen molar-refractivity contribution in [2.45, 2.75) is 58.3 Å². The zero-order valence-electron chi connectivity index (χ0n) is 11.5. The summed E-state index contributed by atoms with van der Waals surface area (Å²) in [4.78, 5) is 4.35. The molecule has 0 bridgehead atoms. The summed E-state index contributed by atoms with van der Waals surface area (Å²) in [5, 5.41) is 0. The van der Waals surface area contributed by atoms with Gasteiger partial charge in [0.05, 0.1) is 6.61 Å². The summed E-state index contributed by atoms with van der Waals surface area (Å²) in [5.74, 6) is 1.22. The zero-order chi connectivity index (χ0) is 13.2. The molecule has 1 heterocycles. The molecule has 0 saturated carbocycles. The number of unbranched alkanes of at least 4 members (excludes halogenated alkanes) is 5. The summed E-state index contributed by atoms with van der Waals surface area (Å²) in [6.07, 6.45) is 7.65. The monoisotopic (exact) mass is 269 g/mol. The van der Waals surface area contributed by atoms with Crippen LogP contribution in [0.15, 0.2) is 12.1 Å². The van der Waals surface area contributed by atoms with Gasteiger partial charge in [-0.2, -0.15) is 0 Å². The van der Waals surface area contributed by atoms with Crippen molar-refractivity contribution in [3.05, 3.63) is 23.4 Å². The Bertz CT molecular complexity index is 341. The van der Waals surface area contributed by atoms with E-state index in [0.717, 1.165) is 24.3 Å². The van der Waals surface area contributed by atoms with Gasteiger partial charge in [0.1, 0.15) is 0 Å². The minimum atomic E-state index is 0.511. The standard InChI is InChI=1S/C15H24ClNO/c1-3-4-5-6-7-8-9-18-15-11-14(12-16)10-13(2)17-15/h10-11H,3-9,12H2,1-2H3. The van der Waals surface area contributed by atoms with E-state index in [2.05, 4.69) is 11.9 Å². The molecule has 2 nitrogen and oxygen atoms in total. The predicted molar refractivity (Wildman–Crippen MR) is 77.4 cm³/mol. The van der Waals surface area contributed by atoms with E-state index in [0.29, 0.717) is 11.8 Å². The van der Waals surface area contributed by atoms with Crippen LogP contribution in [0, 0.1) is 6.92 Å². The Morgan fingerprint density at radius 2 is 1.83 bits per heavy atom. The molecule has 0 atom stereocenters. The highest BCUT2D eigenvalue weighted by molar-refractivity contribution is 6.17. The van der Waals surface area contributed by atoms with Gasteiger partial charge in [-0.3, -0.25) is 0 Å². The fourth-order valence-corrected chi connectivity index (χ4v) is 2.07. The Kier molecular flexibility index (Phi) is 7.83. The molecule has 1 rings (SSSR count). The molecule has 0 amide bonds. The van der Waals surface area contributed by atoms with E-state index in [1.165, 1.54) is 32.1 Å². The molecule has 0 aliphatic rings. The lowest BCUT2D eigenvalue weighted by atomic mass is 10.1. The SMILES string of the molecule is CCCCCCCCOc1cc(CCl)cc(C)n1. The number of aromatic nitrogens is 1. The predicted octanol–water partition coefficient (Wildman–Crippen LogP) is 4.87. The van der Waals surface area contributed by atoms with E-state index < -0.39 is 0 Å². The first-order valence-corrected chi connectivity index (χ1v) is 7.46. The molecular weight excluding hydrogens is 246 g/mol. The van der Waals surface area contributed by atoms with Crippen molar-refractivity contribution in [3.63, 3.8) is 0 Å². The molecule has 0 aromatic carbocycles. The van der Waals surface area contributed by atoms with E-state index >= 15 is 0 Å². The minimum Gasteiger partial charge on any atom is -0.478 e. The van der Waals surface area contributed by atoms with Crippen molar-refractivity contribution in [3.8, 4) is 5.88 Å². The van der Waals surface area contributed by atoms with Crippen molar-refractivity contribution in [2.24, 2.45) is 0 Å². The number of ether oxygens (including phenoxy) is 1. The molecule has 3 heteroatoms. The fourth-order valence-electron chi connectivity index (χ4n) is 1.92. The van der Waals surface area contributed by atoms with Crippen LogP contribution in [0.2, 0.25) is 0 Å². The molecule has 0 spiro atoms. The van der Waals surface area contributed by atoms with Gasteiger partial charge < -0.3 is 4.74 Å². The second-order valence-electron chi connectivity index (χ2n) is 4.70. The third-order valence-corrected chi connectivity index (χ3v) is 3.20. The van der Waals surface area contributed by atoms with E-state index in [1.54, 1.807) is 0 Å². The molecule has 102 valence electrons. The average Bonchev–Trinajstić information content (AvgIpc) is 2.37. The molecular formula is C15H24ClNO. The number of pyridine rings is 1. The Balaban J connectivity index is 2.20. The molecule has 0 radical (unpaired) electrons. The van der Waals surface area contributed by atoms with Crippen LogP contribution >= 0.6 is 11.6 Å². The maximum Gasteiger partial charge on any atom is 0.213 e. The van der Waals surface area contributed by atoms with E-state index in [-0.39, 0.29) is 0 Å². The van der Waals surface area contributed by atoms with Crippen molar-refractivity contribution in [1.29, 1.82) is 0 Å². The Labute approximate surface area is 116 Å². The Morgan fingerprint density at radius 1 is 1.11 bits per heavy atom. The zero-order valence-corrected chi connectivity index (χ0v) is 12.3. The number of rotatable bonds is 9. The topological polar surface area (TPSA) is 22.1 Å². The van der Waals surface area contributed by atoms with Gasteiger partial charge in [0.15, 0.2) is 0 Å². The minimum absolute atomic E-state index is 0.511. The van der Waals surface area contributed by atoms with E-state index in [1.807, 2.05) is 19.1 Å². The second kappa shape index (κ2) is 9.21. The first-order chi connectivity index (χ1) is 8.76. The third-order valence-electron chi connectivity index (χ3n) is 2.89. The first kappa shape index (κ1) is 15.3. The first-order valence-electron chi connectivity index (χ1n) is 6.92. The van der Waals surface area contributed by atoms with Gasteiger partial charge in [-0.15, -0.1) is 11.6 Å². The molecule has 1 aromatic heterocycles. The Hall–Kier alpha value is -0.760. The van der Waals surface area contributed by atoms with Crippen molar-refractivity contribution in [2.75, 3.05) is 6.61 Å². The van der Waals surface area contributed by atoms with Crippen molar-refractivity contribution in [1.82, 2.24) is 4.98 Å². The third kappa shape index (κ3) is 6.25. The lowest BCUT2D eigenvalue weighted by molar-refractivity contribution is 0.292. The summed E-state index contributed by atoms with van der Waals surface area (Å²) in [6, 6.07) is 3.92. The highest BCUT2D eigenvalue weighted by Crippen LogP contribution is 2.15. The van der Waals surface area contributed by atoms with Gasteiger partial charge in [0.2, 0.25) is 5.88 Å². The smallest absolute Gasteiger partial charge is 0.213 e. The molecule has 1 aromatic rings. The van der Waals surface area contributed by atoms with Gasteiger partial charge in [0.25, 0.3) is 0 Å². The molecule has 18 heavy (non-hydrogen) atoms. The average molecular weight is 270 g/mol. The van der Waals surface area contributed by atoms with Crippen LogP contribution in [0.3, 0.4) is 0 Å². The van der Waals surface area contributed by atoms with Crippen LogP contribution in [0.1, 0.15) is 56.7 Å². The van der Waals surface area contributed by atoms with Gasteiger partial charge in [-0.05, 0) is 25.0 Å². The number of hydrogen-bond donors (Lipinski definition) is 0. The summed E-state index contributed by atoms with van der Waals surface area (Å²) >= 11 is 5.82. The second-order valence-corrected chi connectivity index (χ2v) is 4.97. The number of alkyl halides is 1. The van der Waals surface area contributed by atoms with Crippen LogP contribution in [0.4, 0.5) is 0 Å². The lowest BCUT2D eigenvalue weighted by Crippen LogP contribution is -2.00. The van der Waals surface area contributed by atoms with Gasteiger partial charge >= 0.3 is 0 Å². The van der Waals surface area contributed by atoms with Crippen molar-refractivity contribution < 1.29 is 4.74 Å². The van der Waals surface area contributed by atoms with Gasteiger partial charge in [0, 0.05) is 17.6 Å². The molecule has 0 aliphatic heterocycles. The molecule has 0 fully saturated rings. The largest absolute Gasteiger partial charge is 0.478 e. The van der Waals surface area contributed by atoms with Gasteiger partial charge in [-0.25, -0.2) is 4.98 Å². The number of aryl methyl sites for hydroxylation is 1. The maximum atomic E-state index is 5.82. The molecule has 0 aliphatic carbocycles. The van der Waals surface area contributed by atoms with Crippen LogP contribution in [-0.4, -0.2) is 11.6 Å². The normalized spacial score (nSPS) is 10.6. The molecule has 0 unspecified atom stereocenters. The number of nitrogens with zero attached hydrogens (tertiary/aromatic N) is 1. The summed E-state index contributed by atoms with van der Waals surface area (Å²) in [7, 11) is 0. The maximum absolute atomic E-state index is 5.82. The summed E-state index contributed by atoms with van der Waals surface area (Å²) < 4.78 is 5.67. The molecule has 0 saturated heterocycles. The van der Waals surface area contributed by atoms with Crippen LogP contribution in [0.5, 0.6) is 5.88 Å². The quantitative estimate of drug-likeness (QED) is 0.471. The molecule has 0 N–H and O–H groups in total. The Morgan fingerprint density at radius 3 is 2.56 bits per heavy atom. The summed E-state index contributed by atoms with van der Waals surface area (Å²) in [5.41, 5.74) is 2.04. The van der Waals surface area contributed by atoms with Crippen molar-refractivity contribution >= 4 is 11.6 Å². The highest BCUT2D eigenvalue weighted by atomic mass is 35.5. The number of halogens is 1. The van der Waals surface area contributed by atoms with Crippen LogP contribution in [-0.2, 0) is 5.88 Å². The van der Waals surface area contributed by atoms with Crippen LogP contribution in [0.25, 0.3) is 0 Å². The van der Waals surface area contributed by atoms with E-state index in [4.69, 9.17) is 16.3 Å². The number of hydrogen-bond acceptors (Lipinski definition) is 2. The summed E-state index contributed by atoms with van der Waals surface area (Å²) in [6.45, 7) is 4.96. The highest BCUT2D eigenvalue weighted by Gasteiger charge is 2.00. The van der Waals surface area contributed by atoms with Gasteiger partial charge in [-0.1, -0.05) is 39.0 Å². The van der Waals surface area contributed by atoms with Crippen LogP contribution < -0.4 is 4.74 Å². The van der Waals surface area contributed by atoms with E-state index in [9.17, 15) is 0 Å². The lowest BCUT2D eigenvalue weighted by Gasteiger charge is -2.07. The fraction of sp³-hybridized carbons (Fsp3) is 0.667.